The summed E-state index contributed by atoms with van der Waals surface area (Å²) in [5.74, 6) is 1.37. The first-order valence-corrected chi connectivity index (χ1v) is 9.60. The molecule has 3 aromatic rings. The molecule has 0 bridgehead atoms. The number of hydrogen-bond acceptors (Lipinski definition) is 5. The van der Waals surface area contributed by atoms with E-state index in [1.807, 2.05) is 42.0 Å². The fourth-order valence-electron chi connectivity index (χ4n) is 2.39. The number of aromatic amines is 1. The number of amides is 1. The van der Waals surface area contributed by atoms with Crippen LogP contribution in [0.15, 0.2) is 28.9 Å². The number of nitrogens with zero attached hydrogens (tertiary/aromatic N) is 4. The maximum absolute atomic E-state index is 12.6. The van der Waals surface area contributed by atoms with Crippen molar-refractivity contribution in [1.82, 2.24) is 30.1 Å². The molecule has 3 heterocycles. The fourth-order valence-corrected chi connectivity index (χ4v) is 3.22. The number of aromatic nitrogens is 5. The third-order valence-electron chi connectivity index (χ3n) is 3.66. The molecule has 0 aromatic carbocycles. The van der Waals surface area contributed by atoms with Gasteiger partial charge in [-0.05, 0) is 53.4 Å². The monoisotopic (exact) mass is 408 g/mol. The predicted molar refractivity (Wildman–Crippen MR) is 97.2 cm³/mol. The largest absolute Gasteiger partial charge is 0.341 e. The molecule has 0 saturated carbocycles. The molecule has 7 nitrogen and oxygen atoms in total. The number of nitrogens with one attached hydrogen (secondary N) is 2. The normalized spacial score (nSPS) is 12.5. The minimum absolute atomic E-state index is 0.244. The van der Waals surface area contributed by atoms with Crippen LogP contribution in [0.3, 0.4) is 0 Å². The number of carbonyl (C=O) groups is 1. The molecule has 0 spiro atoms. The third-order valence-corrected chi connectivity index (χ3v) is 5.27. The standard InChI is InChI=1S/C15H17BrN6OS/c1-9-12(16)13(20-18-9)15(23)17-10(6-8-24-2)14-21-19-11-5-3-4-7-22(11)14/h3-5,7,10H,6,8H2,1-2H3,(H,17,23)(H,18,20). The lowest BCUT2D eigenvalue weighted by atomic mass is 10.2. The summed E-state index contributed by atoms with van der Waals surface area (Å²) >= 11 is 5.11. The Balaban J connectivity index is 1.89. The van der Waals surface area contributed by atoms with Gasteiger partial charge in [0.1, 0.15) is 0 Å². The van der Waals surface area contributed by atoms with Gasteiger partial charge in [0.05, 0.1) is 10.5 Å². The number of halogens is 1. The van der Waals surface area contributed by atoms with Crippen LogP contribution in [0.4, 0.5) is 0 Å². The fraction of sp³-hybridized carbons (Fsp3) is 0.333. The Morgan fingerprint density at radius 2 is 2.29 bits per heavy atom. The van der Waals surface area contributed by atoms with E-state index in [-0.39, 0.29) is 11.9 Å². The van der Waals surface area contributed by atoms with Crippen LogP contribution in [0.5, 0.6) is 0 Å². The molecule has 0 aliphatic heterocycles. The Bertz CT molecular complexity index is 861. The highest BCUT2D eigenvalue weighted by Gasteiger charge is 2.23. The number of pyridine rings is 1. The second kappa shape index (κ2) is 7.35. The van der Waals surface area contributed by atoms with Crippen molar-refractivity contribution >= 4 is 39.2 Å². The Kier molecular flexibility index (Phi) is 5.20. The first-order valence-electron chi connectivity index (χ1n) is 7.41. The van der Waals surface area contributed by atoms with Gasteiger partial charge in [0.15, 0.2) is 17.2 Å². The van der Waals surface area contributed by atoms with Gasteiger partial charge >= 0.3 is 0 Å². The number of thioether (sulfide) groups is 1. The molecule has 2 N–H and O–H groups in total. The van der Waals surface area contributed by atoms with Crippen LogP contribution in [0, 0.1) is 6.92 Å². The highest BCUT2D eigenvalue weighted by Crippen LogP contribution is 2.22. The maximum Gasteiger partial charge on any atom is 0.273 e. The first kappa shape index (κ1) is 17.0. The zero-order chi connectivity index (χ0) is 17.1. The van der Waals surface area contributed by atoms with Gasteiger partial charge in [-0.1, -0.05) is 6.07 Å². The van der Waals surface area contributed by atoms with E-state index in [1.54, 1.807) is 11.8 Å². The molecule has 24 heavy (non-hydrogen) atoms. The molecule has 0 aliphatic carbocycles. The topological polar surface area (TPSA) is 88.0 Å². The van der Waals surface area contributed by atoms with Gasteiger partial charge < -0.3 is 5.32 Å². The average molecular weight is 409 g/mol. The Hall–Kier alpha value is -1.87. The molecule has 0 radical (unpaired) electrons. The van der Waals surface area contributed by atoms with Gasteiger partial charge in [-0.3, -0.25) is 14.3 Å². The van der Waals surface area contributed by atoms with Crippen LogP contribution in [-0.4, -0.2) is 42.7 Å². The Labute approximate surface area is 151 Å². The Morgan fingerprint density at radius 1 is 1.46 bits per heavy atom. The van der Waals surface area contributed by atoms with Crippen LogP contribution in [0.25, 0.3) is 5.65 Å². The van der Waals surface area contributed by atoms with Crippen LogP contribution in [0.1, 0.15) is 34.5 Å². The van der Waals surface area contributed by atoms with Crippen LogP contribution in [0.2, 0.25) is 0 Å². The van der Waals surface area contributed by atoms with Crippen molar-refractivity contribution in [3.8, 4) is 0 Å². The van der Waals surface area contributed by atoms with Gasteiger partial charge in [-0.2, -0.15) is 16.9 Å². The zero-order valence-corrected chi connectivity index (χ0v) is 15.7. The minimum Gasteiger partial charge on any atom is -0.341 e. The molecule has 0 saturated heterocycles. The summed E-state index contributed by atoms with van der Waals surface area (Å²) in [5.41, 5.74) is 1.91. The molecule has 3 aromatic heterocycles. The second-order valence-corrected chi connectivity index (χ2v) is 7.08. The summed E-state index contributed by atoms with van der Waals surface area (Å²) in [6.07, 6.45) is 4.69. The van der Waals surface area contributed by atoms with Crippen molar-refractivity contribution in [2.24, 2.45) is 0 Å². The quantitative estimate of drug-likeness (QED) is 0.654. The average Bonchev–Trinajstić information content (AvgIpc) is 3.16. The maximum atomic E-state index is 12.6. The third kappa shape index (κ3) is 3.32. The molecule has 0 aliphatic rings. The van der Waals surface area contributed by atoms with E-state index in [9.17, 15) is 4.79 Å². The van der Waals surface area contributed by atoms with E-state index in [1.165, 1.54) is 0 Å². The number of carbonyl (C=O) groups excluding carboxylic acids is 1. The zero-order valence-electron chi connectivity index (χ0n) is 13.3. The first-order chi connectivity index (χ1) is 11.6. The SMILES string of the molecule is CSCCC(NC(=O)c1n[nH]c(C)c1Br)c1nnc2ccccn12. The van der Waals surface area contributed by atoms with E-state index in [0.717, 1.165) is 29.3 Å². The minimum atomic E-state index is -0.245. The van der Waals surface area contributed by atoms with E-state index < -0.39 is 0 Å². The highest BCUT2D eigenvalue weighted by molar-refractivity contribution is 9.10. The van der Waals surface area contributed by atoms with Crippen LogP contribution in [-0.2, 0) is 0 Å². The molecule has 1 amide bonds. The lowest BCUT2D eigenvalue weighted by molar-refractivity contribution is 0.0928. The molecule has 3 rings (SSSR count). The van der Waals surface area contributed by atoms with Gasteiger partial charge in [0, 0.05) is 11.9 Å². The lowest BCUT2D eigenvalue weighted by Gasteiger charge is -2.16. The van der Waals surface area contributed by atoms with E-state index in [2.05, 4.69) is 41.6 Å². The van der Waals surface area contributed by atoms with E-state index in [4.69, 9.17) is 0 Å². The van der Waals surface area contributed by atoms with Gasteiger partial charge in [0.25, 0.3) is 5.91 Å². The molecule has 126 valence electrons. The van der Waals surface area contributed by atoms with Crippen molar-refractivity contribution < 1.29 is 4.79 Å². The second-order valence-electron chi connectivity index (χ2n) is 5.31. The summed E-state index contributed by atoms with van der Waals surface area (Å²) in [5, 5.41) is 18.3. The van der Waals surface area contributed by atoms with E-state index in [0.29, 0.717) is 10.2 Å². The molecular formula is C15H17BrN6OS. The van der Waals surface area contributed by atoms with Crippen molar-refractivity contribution in [2.45, 2.75) is 19.4 Å². The molecule has 1 unspecified atom stereocenters. The van der Waals surface area contributed by atoms with Crippen molar-refractivity contribution in [1.29, 1.82) is 0 Å². The molecular weight excluding hydrogens is 392 g/mol. The van der Waals surface area contributed by atoms with Gasteiger partial charge in [-0.15, -0.1) is 10.2 Å². The summed E-state index contributed by atoms with van der Waals surface area (Å²) in [6.45, 7) is 1.85. The molecule has 0 fully saturated rings. The molecule has 1 atom stereocenters. The van der Waals surface area contributed by atoms with E-state index >= 15 is 0 Å². The lowest BCUT2D eigenvalue weighted by Crippen LogP contribution is -2.31. The highest BCUT2D eigenvalue weighted by atomic mass is 79.9. The summed E-state index contributed by atoms with van der Waals surface area (Å²) in [6, 6.07) is 5.47. The summed E-state index contributed by atoms with van der Waals surface area (Å²) in [4.78, 5) is 12.6. The number of H-pyrrole nitrogens is 1. The Morgan fingerprint density at radius 3 is 3.00 bits per heavy atom. The van der Waals surface area contributed by atoms with Crippen molar-refractivity contribution in [3.05, 3.63) is 46.1 Å². The molecule has 9 heteroatoms. The summed E-state index contributed by atoms with van der Waals surface area (Å²) < 4.78 is 2.57. The predicted octanol–water partition coefficient (Wildman–Crippen LogP) is 2.75. The van der Waals surface area contributed by atoms with Crippen molar-refractivity contribution in [2.75, 3.05) is 12.0 Å². The van der Waals surface area contributed by atoms with Gasteiger partial charge in [0.2, 0.25) is 0 Å². The number of aryl methyl sites for hydroxylation is 1. The number of rotatable bonds is 6. The van der Waals surface area contributed by atoms with Crippen molar-refractivity contribution in [3.63, 3.8) is 0 Å². The van der Waals surface area contributed by atoms with Crippen LogP contribution < -0.4 is 5.32 Å². The van der Waals surface area contributed by atoms with Gasteiger partial charge in [-0.25, -0.2) is 0 Å². The smallest absolute Gasteiger partial charge is 0.273 e. The van der Waals surface area contributed by atoms with Crippen LogP contribution >= 0.6 is 27.7 Å². The number of hydrogen-bond donors (Lipinski definition) is 2. The summed E-state index contributed by atoms with van der Waals surface area (Å²) in [7, 11) is 0. The number of fused-ring (bicyclic) bond motifs is 1.